The molecule has 4 aromatic rings. The molecule has 0 unspecified atom stereocenters. The molecule has 3 aromatic heterocycles. The Kier molecular flexibility index (Phi) is 2.95. The first kappa shape index (κ1) is 13.3. The van der Waals surface area contributed by atoms with Crippen LogP contribution >= 0.6 is 0 Å². The van der Waals surface area contributed by atoms with E-state index in [-0.39, 0.29) is 5.56 Å². The minimum atomic E-state index is -0.102. The van der Waals surface area contributed by atoms with Crippen LogP contribution in [0.3, 0.4) is 0 Å². The van der Waals surface area contributed by atoms with E-state index in [1.54, 1.807) is 6.07 Å². The van der Waals surface area contributed by atoms with Crippen molar-refractivity contribution in [3.63, 3.8) is 0 Å². The van der Waals surface area contributed by atoms with E-state index >= 15 is 0 Å². The number of pyridine rings is 1. The van der Waals surface area contributed by atoms with Gasteiger partial charge in [0.2, 0.25) is 0 Å². The van der Waals surface area contributed by atoms with Crippen LogP contribution < -0.4 is 5.56 Å². The van der Waals surface area contributed by atoms with E-state index in [1.807, 2.05) is 53.2 Å². The molecule has 0 radical (unpaired) electrons. The Morgan fingerprint density at radius 1 is 1.13 bits per heavy atom. The molecular weight excluding hydrogens is 288 g/mol. The van der Waals surface area contributed by atoms with Crippen molar-refractivity contribution in [3.05, 3.63) is 82.7 Å². The summed E-state index contributed by atoms with van der Waals surface area (Å²) in [5, 5.41) is 10.0. The Bertz CT molecular complexity index is 1130. The summed E-state index contributed by atoms with van der Waals surface area (Å²) in [5.41, 5.74) is 2.81. The van der Waals surface area contributed by atoms with E-state index in [1.165, 1.54) is 10.9 Å². The summed E-state index contributed by atoms with van der Waals surface area (Å²) in [6.45, 7) is 0.321. The van der Waals surface area contributed by atoms with Gasteiger partial charge in [0.15, 0.2) is 0 Å². The molecule has 0 aliphatic heterocycles. The average Bonchev–Trinajstić information content (AvgIpc) is 2.94. The lowest BCUT2D eigenvalue weighted by atomic mass is 10.1. The number of rotatable bonds is 2. The Morgan fingerprint density at radius 3 is 2.83 bits per heavy atom. The third-order valence-electron chi connectivity index (χ3n) is 3.95. The molecule has 0 saturated heterocycles. The largest absolute Gasteiger partial charge is 0.322 e. The number of fused-ring (bicyclic) bond motifs is 2. The molecule has 0 spiro atoms. The summed E-state index contributed by atoms with van der Waals surface area (Å²) in [6, 6.07) is 15.2. The van der Waals surface area contributed by atoms with Crippen LogP contribution in [0.15, 0.2) is 66.0 Å². The molecule has 0 atom stereocenters. The van der Waals surface area contributed by atoms with Gasteiger partial charge in [-0.15, -0.1) is 0 Å². The van der Waals surface area contributed by atoms with E-state index in [4.69, 9.17) is 0 Å². The van der Waals surface area contributed by atoms with Crippen LogP contribution in [0.5, 0.6) is 0 Å². The Hall–Kier alpha value is -3.39. The maximum Gasteiger partial charge on any atom is 0.261 e. The predicted molar refractivity (Wildman–Crippen MR) is 87.2 cm³/mol. The van der Waals surface area contributed by atoms with Gasteiger partial charge in [-0.1, -0.05) is 18.2 Å². The van der Waals surface area contributed by atoms with Gasteiger partial charge < -0.3 is 4.40 Å². The number of aromatic nitrogens is 3. The van der Waals surface area contributed by atoms with Crippen LogP contribution in [-0.4, -0.2) is 14.0 Å². The van der Waals surface area contributed by atoms with E-state index in [0.29, 0.717) is 23.0 Å². The summed E-state index contributed by atoms with van der Waals surface area (Å²) < 4.78 is 3.44. The van der Waals surface area contributed by atoms with Crippen LogP contribution in [0.2, 0.25) is 0 Å². The zero-order chi connectivity index (χ0) is 15.8. The summed E-state index contributed by atoms with van der Waals surface area (Å²) in [7, 11) is 0. The lowest BCUT2D eigenvalue weighted by Gasteiger charge is -2.05. The second kappa shape index (κ2) is 5.11. The summed E-state index contributed by atoms with van der Waals surface area (Å²) in [5.74, 6) is 0. The van der Waals surface area contributed by atoms with Crippen molar-refractivity contribution in [1.29, 1.82) is 5.26 Å². The van der Waals surface area contributed by atoms with E-state index < -0.39 is 0 Å². The molecule has 110 valence electrons. The molecule has 3 heterocycles. The maximum absolute atomic E-state index is 12.6. The van der Waals surface area contributed by atoms with Gasteiger partial charge in [0, 0.05) is 18.0 Å². The van der Waals surface area contributed by atoms with Crippen LogP contribution in [0, 0.1) is 11.3 Å². The molecule has 0 N–H and O–H groups in total. The average molecular weight is 300 g/mol. The van der Waals surface area contributed by atoms with Gasteiger partial charge in [0.05, 0.1) is 34.9 Å². The molecule has 0 bridgehead atoms. The SMILES string of the molecule is N#Cc1c(Cn2cnc3ccccc3c2=O)cn2ccccc12. The molecule has 0 aliphatic rings. The standard InChI is InChI=1S/C18H12N4O/c19-9-15-13(10-21-8-4-3-7-17(15)21)11-22-12-20-16-6-2-1-5-14(16)18(22)23/h1-8,10,12H,11H2. The van der Waals surface area contributed by atoms with Crippen molar-refractivity contribution in [1.82, 2.24) is 14.0 Å². The topological polar surface area (TPSA) is 63.1 Å². The number of hydrogen-bond acceptors (Lipinski definition) is 3. The van der Waals surface area contributed by atoms with Gasteiger partial charge >= 0.3 is 0 Å². The van der Waals surface area contributed by atoms with Crippen molar-refractivity contribution < 1.29 is 0 Å². The van der Waals surface area contributed by atoms with Crippen molar-refractivity contribution in [2.24, 2.45) is 0 Å². The van der Waals surface area contributed by atoms with Crippen LogP contribution in [0.1, 0.15) is 11.1 Å². The maximum atomic E-state index is 12.6. The molecule has 0 amide bonds. The van der Waals surface area contributed by atoms with Crippen LogP contribution in [0.4, 0.5) is 0 Å². The quantitative estimate of drug-likeness (QED) is 0.571. The third-order valence-corrected chi connectivity index (χ3v) is 3.95. The van der Waals surface area contributed by atoms with Gasteiger partial charge in [0.1, 0.15) is 6.07 Å². The highest BCUT2D eigenvalue weighted by Crippen LogP contribution is 2.18. The van der Waals surface area contributed by atoms with Crippen molar-refractivity contribution in [2.75, 3.05) is 0 Å². The summed E-state index contributed by atoms with van der Waals surface area (Å²) >= 11 is 0. The van der Waals surface area contributed by atoms with Crippen LogP contribution in [-0.2, 0) is 6.54 Å². The highest BCUT2D eigenvalue weighted by Gasteiger charge is 2.12. The van der Waals surface area contributed by atoms with Gasteiger partial charge in [-0.05, 0) is 24.3 Å². The molecule has 5 nitrogen and oxygen atoms in total. The molecule has 0 saturated carbocycles. The van der Waals surface area contributed by atoms with Crippen molar-refractivity contribution in [2.45, 2.75) is 6.54 Å². The Morgan fingerprint density at radius 2 is 1.96 bits per heavy atom. The lowest BCUT2D eigenvalue weighted by molar-refractivity contribution is 0.747. The molecule has 23 heavy (non-hydrogen) atoms. The minimum absolute atomic E-state index is 0.102. The van der Waals surface area contributed by atoms with E-state index in [0.717, 1.165) is 11.1 Å². The predicted octanol–water partition coefficient (Wildman–Crippen LogP) is 2.57. The highest BCUT2D eigenvalue weighted by atomic mass is 16.1. The Balaban J connectivity index is 1.87. The highest BCUT2D eigenvalue weighted by molar-refractivity contribution is 5.77. The number of para-hydroxylation sites is 1. The lowest BCUT2D eigenvalue weighted by Crippen LogP contribution is -2.21. The monoisotopic (exact) mass is 300 g/mol. The van der Waals surface area contributed by atoms with Gasteiger partial charge in [-0.2, -0.15) is 5.26 Å². The summed E-state index contributed by atoms with van der Waals surface area (Å²) in [6.07, 6.45) is 5.31. The number of hydrogen-bond donors (Lipinski definition) is 0. The molecule has 5 heteroatoms. The smallest absolute Gasteiger partial charge is 0.261 e. The first-order valence-corrected chi connectivity index (χ1v) is 7.21. The fourth-order valence-electron chi connectivity index (χ4n) is 2.83. The molecular formula is C18H12N4O. The second-order valence-electron chi connectivity index (χ2n) is 5.33. The summed E-state index contributed by atoms with van der Waals surface area (Å²) in [4.78, 5) is 16.9. The molecule has 0 fully saturated rings. The Labute approximate surface area is 131 Å². The normalized spacial score (nSPS) is 10.9. The molecule has 0 aliphatic carbocycles. The van der Waals surface area contributed by atoms with E-state index in [2.05, 4.69) is 11.1 Å². The van der Waals surface area contributed by atoms with Gasteiger partial charge in [-0.25, -0.2) is 4.98 Å². The fraction of sp³-hybridized carbons (Fsp3) is 0.0556. The van der Waals surface area contributed by atoms with Crippen LogP contribution in [0.25, 0.3) is 16.4 Å². The first-order valence-electron chi connectivity index (χ1n) is 7.21. The fourth-order valence-corrected chi connectivity index (χ4v) is 2.83. The minimum Gasteiger partial charge on any atom is -0.322 e. The third kappa shape index (κ3) is 2.09. The second-order valence-corrected chi connectivity index (χ2v) is 5.33. The zero-order valence-corrected chi connectivity index (χ0v) is 12.2. The van der Waals surface area contributed by atoms with Gasteiger partial charge in [0.25, 0.3) is 5.56 Å². The van der Waals surface area contributed by atoms with Gasteiger partial charge in [-0.3, -0.25) is 9.36 Å². The van der Waals surface area contributed by atoms with Crippen molar-refractivity contribution in [3.8, 4) is 6.07 Å². The number of nitrogens with zero attached hydrogens (tertiary/aromatic N) is 4. The number of nitriles is 1. The molecule has 1 aromatic carbocycles. The first-order chi connectivity index (χ1) is 11.3. The number of benzene rings is 1. The molecule has 4 rings (SSSR count). The van der Waals surface area contributed by atoms with Crippen molar-refractivity contribution >= 4 is 16.4 Å². The van der Waals surface area contributed by atoms with E-state index in [9.17, 15) is 10.1 Å². The zero-order valence-electron chi connectivity index (χ0n) is 12.2.